The Hall–Kier alpha value is -1.85. The molecule has 1 amide bonds. The number of aromatic nitrogens is 1. The summed E-state index contributed by atoms with van der Waals surface area (Å²) in [6, 6.07) is 10.3. The lowest BCUT2D eigenvalue weighted by atomic mass is 10.1. The van der Waals surface area contributed by atoms with Gasteiger partial charge in [-0.2, -0.15) is 0 Å². The van der Waals surface area contributed by atoms with Crippen LogP contribution in [0.3, 0.4) is 0 Å². The second-order valence-electron chi connectivity index (χ2n) is 6.14. The molecule has 1 aliphatic heterocycles. The number of nitrogens with zero attached hydrogens (tertiary/aromatic N) is 2. The van der Waals surface area contributed by atoms with Gasteiger partial charge in [0.1, 0.15) is 4.32 Å². The van der Waals surface area contributed by atoms with Crippen molar-refractivity contribution in [2.24, 2.45) is 7.05 Å². The highest BCUT2D eigenvalue weighted by molar-refractivity contribution is 8.26. The minimum absolute atomic E-state index is 0.00789. The molecular formula is C19H20N2OS2. The maximum absolute atomic E-state index is 12.7. The maximum atomic E-state index is 12.7. The summed E-state index contributed by atoms with van der Waals surface area (Å²) in [7, 11) is 2.03. The fourth-order valence-corrected chi connectivity index (χ4v) is 3.93. The zero-order valence-electron chi connectivity index (χ0n) is 14.3. The van der Waals surface area contributed by atoms with Crippen molar-refractivity contribution in [2.75, 3.05) is 0 Å². The van der Waals surface area contributed by atoms with Crippen LogP contribution in [0.4, 0.5) is 0 Å². The van der Waals surface area contributed by atoms with Crippen molar-refractivity contribution in [1.82, 2.24) is 9.47 Å². The molecule has 5 heteroatoms. The van der Waals surface area contributed by atoms with Crippen molar-refractivity contribution in [1.29, 1.82) is 0 Å². The number of aryl methyl sites for hydroxylation is 2. The van der Waals surface area contributed by atoms with E-state index < -0.39 is 0 Å². The van der Waals surface area contributed by atoms with E-state index in [1.807, 2.05) is 25.3 Å². The molecule has 0 unspecified atom stereocenters. The molecule has 124 valence electrons. The number of hydrogen-bond donors (Lipinski definition) is 0. The molecule has 0 bridgehead atoms. The lowest BCUT2D eigenvalue weighted by molar-refractivity contribution is -0.122. The summed E-state index contributed by atoms with van der Waals surface area (Å²) >= 11 is 6.80. The standard InChI is InChI=1S/C19H20N2OS2/c1-12-5-7-15(8-6-12)11-21-18(22)17(24-19(21)23)10-16-9-13(2)20(4)14(16)3/h5-10H,11H2,1-4H3. The predicted octanol–water partition coefficient (Wildman–Crippen LogP) is 4.35. The van der Waals surface area contributed by atoms with Gasteiger partial charge in [-0.15, -0.1) is 0 Å². The van der Waals surface area contributed by atoms with Crippen LogP contribution < -0.4 is 0 Å². The molecule has 1 aliphatic rings. The van der Waals surface area contributed by atoms with Gasteiger partial charge in [-0.1, -0.05) is 53.8 Å². The number of amides is 1. The molecule has 1 aromatic carbocycles. The molecule has 0 saturated carbocycles. The largest absolute Gasteiger partial charge is 0.352 e. The summed E-state index contributed by atoms with van der Waals surface area (Å²) in [5.74, 6) is -0.00789. The average Bonchev–Trinajstić information content (AvgIpc) is 2.95. The van der Waals surface area contributed by atoms with Crippen LogP contribution in [0.5, 0.6) is 0 Å². The topological polar surface area (TPSA) is 25.2 Å². The molecule has 1 saturated heterocycles. The van der Waals surface area contributed by atoms with E-state index >= 15 is 0 Å². The highest BCUT2D eigenvalue weighted by Crippen LogP contribution is 2.34. The fraction of sp³-hybridized carbons (Fsp3) is 0.263. The van der Waals surface area contributed by atoms with Crippen molar-refractivity contribution in [3.05, 3.63) is 63.3 Å². The molecule has 0 N–H and O–H groups in total. The van der Waals surface area contributed by atoms with Crippen LogP contribution in [0.25, 0.3) is 6.08 Å². The van der Waals surface area contributed by atoms with Crippen molar-refractivity contribution in [2.45, 2.75) is 27.3 Å². The van der Waals surface area contributed by atoms with Gasteiger partial charge in [0.2, 0.25) is 0 Å². The van der Waals surface area contributed by atoms with E-state index in [1.54, 1.807) is 4.90 Å². The minimum atomic E-state index is -0.00789. The Morgan fingerprint density at radius 3 is 2.42 bits per heavy atom. The number of benzene rings is 1. The second-order valence-corrected chi connectivity index (χ2v) is 7.81. The first-order valence-corrected chi connectivity index (χ1v) is 9.03. The molecule has 3 nitrogen and oxygen atoms in total. The summed E-state index contributed by atoms with van der Waals surface area (Å²) in [6.07, 6.45) is 1.96. The van der Waals surface area contributed by atoms with Crippen LogP contribution in [0.15, 0.2) is 35.2 Å². The van der Waals surface area contributed by atoms with Gasteiger partial charge in [-0.05, 0) is 44.0 Å². The van der Waals surface area contributed by atoms with E-state index in [0.29, 0.717) is 15.8 Å². The molecular weight excluding hydrogens is 336 g/mol. The lowest BCUT2D eigenvalue weighted by Gasteiger charge is -2.14. The Morgan fingerprint density at radius 1 is 1.17 bits per heavy atom. The summed E-state index contributed by atoms with van der Waals surface area (Å²) < 4.78 is 2.75. The zero-order valence-corrected chi connectivity index (χ0v) is 15.9. The normalized spacial score (nSPS) is 16.5. The summed E-state index contributed by atoms with van der Waals surface area (Å²) in [6.45, 7) is 6.70. The van der Waals surface area contributed by atoms with Gasteiger partial charge in [0, 0.05) is 18.4 Å². The highest BCUT2D eigenvalue weighted by Gasteiger charge is 2.32. The quantitative estimate of drug-likeness (QED) is 0.604. The Labute approximate surface area is 152 Å². The van der Waals surface area contributed by atoms with Crippen LogP contribution in [0.1, 0.15) is 28.1 Å². The number of rotatable bonds is 3. The number of hydrogen-bond acceptors (Lipinski definition) is 3. The average molecular weight is 357 g/mol. The summed E-state index contributed by atoms with van der Waals surface area (Å²) in [4.78, 5) is 15.1. The molecule has 2 heterocycles. The predicted molar refractivity (Wildman–Crippen MR) is 105 cm³/mol. The van der Waals surface area contributed by atoms with Gasteiger partial charge in [0.25, 0.3) is 5.91 Å². The maximum Gasteiger partial charge on any atom is 0.266 e. The fourth-order valence-electron chi connectivity index (χ4n) is 2.68. The van der Waals surface area contributed by atoms with Crippen molar-refractivity contribution in [3.8, 4) is 0 Å². The number of thioether (sulfide) groups is 1. The molecule has 2 aromatic rings. The molecule has 0 radical (unpaired) electrons. The van der Waals surface area contributed by atoms with Gasteiger partial charge in [-0.25, -0.2) is 0 Å². The smallest absolute Gasteiger partial charge is 0.266 e. The van der Waals surface area contributed by atoms with Gasteiger partial charge in [0.05, 0.1) is 11.4 Å². The van der Waals surface area contributed by atoms with Crippen LogP contribution in [0.2, 0.25) is 0 Å². The molecule has 0 aliphatic carbocycles. The zero-order chi connectivity index (χ0) is 17.4. The monoisotopic (exact) mass is 356 g/mol. The van der Waals surface area contributed by atoms with Gasteiger partial charge >= 0.3 is 0 Å². The van der Waals surface area contributed by atoms with Gasteiger partial charge < -0.3 is 4.57 Å². The van der Waals surface area contributed by atoms with E-state index in [0.717, 1.165) is 16.8 Å². The lowest BCUT2D eigenvalue weighted by Crippen LogP contribution is -2.27. The number of thiocarbonyl (C=S) groups is 1. The Kier molecular flexibility index (Phi) is 4.65. The van der Waals surface area contributed by atoms with E-state index in [1.165, 1.54) is 23.0 Å². The van der Waals surface area contributed by atoms with E-state index in [9.17, 15) is 4.79 Å². The van der Waals surface area contributed by atoms with Crippen molar-refractivity contribution in [3.63, 3.8) is 0 Å². The summed E-state index contributed by atoms with van der Waals surface area (Å²) in [5.41, 5.74) is 5.69. The highest BCUT2D eigenvalue weighted by atomic mass is 32.2. The Balaban J connectivity index is 1.84. The van der Waals surface area contributed by atoms with Crippen LogP contribution in [-0.4, -0.2) is 19.7 Å². The van der Waals surface area contributed by atoms with Crippen LogP contribution in [-0.2, 0) is 18.4 Å². The Bertz CT molecular complexity index is 847. The first kappa shape index (κ1) is 17.0. The Morgan fingerprint density at radius 2 is 1.83 bits per heavy atom. The number of carbonyl (C=O) groups is 1. The molecule has 3 rings (SSSR count). The van der Waals surface area contributed by atoms with Crippen LogP contribution >= 0.6 is 24.0 Å². The summed E-state index contributed by atoms with van der Waals surface area (Å²) in [5, 5.41) is 0. The third kappa shape index (κ3) is 3.19. The van der Waals surface area contributed by atoms with Crippen molar-refractivity contribution < 1.29 is 4.79 Å². The second kappa shape index (κ2) is 6.57. The van der Waals surface area contributed by atoms with Gasteiger partial charge in [-0.3, -0.25) is 9.69 Å². The molecule has 1 fully saturated rings. The SMILES string of the molecule is Cc1ccc(CN2C(=O)C(=Cc3cc(C)n(C)c3C)SC2=S)cc1. The molecule has 1 aromatic heterocycles. The van der Waals surface area contributed by atoms with Gasteiger partial charge in [0.15, 0.2) is 0 Å². The van der Waals surface area contributed by atoms with Crippen molar-refractivity contribution >= 4 is 40.3 Å². The molecule has 0 atom stereocenters. The first-order chi connectivity index (χ1) is 11.4. The molecule has 0 spiro atoms. The third-order valence-corrected chi connectivity index (χ3v) is 5.81. The van der Waals surface area contributed by atoms with E-state index in [4.69, 9.17) is 12.2 Å². The third-order valence-electron chi connectivity index (χ3n) is 4.44. The molecule has 24 heavy (non-hydrogen) atoms. The van der Waals surface area contributed by atoms with E-state index in [-0.39, 0.29) is 5.91 Å². The first-order valence-electron chi connectivity index (χ1n) is 7.80. The van der Waals surface area contributed by atoms with Crippen LogP contribution in [0, 0.1) is 20.8 Å². The minimum Gasteiger partial charge on any atom is -0.352 e. The number of carbonyl (C=O) groups excluding carboxylic acids is 1. The van der Waals surface area contributed by atoms with E-state index in [2.05, 4.69) is 43.5 Å².